The summed E-state index contributed by atoms with van der Waals surface area (Å²) in [7, 11) is 3.42. The van der Waals surface area contributed by atoms with Crippen LogP contribution in [-0.2, 0) is 9.47 Å². The molecule has 21 heavy (non-hydrogen) atoms. The Kier molecular flexibility index (Phi) is 7.72. The van der Waals surface area contributed by atoms with Crippen LogP contribution in [0.5, 0.6) is 5.75 Å². The van der Waals surface area contributed by atoms with Crippen molar-refractivity contribution in [2.75, 3.05) is 33.9 Å². The van der Waals surface area contributed by atoms with Crippen LogP contribution in [0.1, 0.15) is 38.9 Å². The minimum atomic E-state index is -0.163. The molecule has 4 nitrogen and oxygen atoms in total. The average molecular weight is 295 g/mol. The van der Waals surface area contributed by atoms with Gasteiger partial charge in [-0.15, -0.1) is 0 Å². The van der Waals surface area contributed by atoms with E-state index in [1.807, 2.05) is 18.2 Å². The van der Waals surface area contributed by atoms with Crippen molar-refractivity contribution in [3.63, 3.8) is 0 Å². The molecule has 4 heteroatoms. The largest absolute Gasteiger partial charge is 0.496 e. The molecule has 0 fully saturated rings. The summed E-state index contributed by atoms with van der Waals surface area (Å²) < 4.78 is 17.0. The van der Waals surface area contributed by atoms with Gasteiger partial charge in [-0.3, -0.25) is 0 Å². The fraction of sp³-hybridized carbons (Fsp3) is 0.647. The summed E-state index contributed by atoms with van der Waals surface area (Å²) in [5.74, 6) is 0.867. The Hall–Kier alpha value is -1.10. The Balaban J connectivity index is 2.71. The van der Waals surface area contributed by atoms with Crippen molar-refractivity contribution >= 4 is 0 Å². The van der Waals surface area contributed by atoms with Crippen LogP contribution in [0.15, 0.2) is 24.3 Å². The highest BCUT2D eigenvalue weighted by Crippen LogP contribution is 2.27. The lowest BCUT2D eigenvalue weighted by Gasteiger charge is -2.25. The molecule has 0 aliphatic carbocycles. The molecule has 1 unspecified atom stereocenters. The van der Waals surface area contributed by atoms with Gasteiger partial charge in [-0.05, 0) is 32.9 Å². The minimum absolute atomic E-state index is 0.0197. The van der Waals surface area contributed by atoms with Crippen LogP contribution in [0.25, 0.3) is 0 Å². The number of hydrogen-bond donors (Lipinski definition) is 1. The zero-order chi connectivity index (χ0) is 15.7. The quantitative estimate of drug-likeness (QED) is 0.719. The molecule has 1 aromatic carbocycles. The van der Waals surface area contributed by atoms with Crippen molar-refractivity contribution in [2.24, 2.45) is 0 Å². The lowest BCUT2D eigenvalue weighted by molar-refractivity contribution is -0.0274. The van der Waals surface area contributed by atoms with E-state index in [4.69, 9.17) is 14.2 Å². The second-order valence-corrected chi connectivity index (χ2v) is 5.62. The zero-order valence-electron chi connectivity index (χ0n) is 13.9. The molecule has 1 aromatic rings. The van der Waals surface area contributed by atoms with Crippen LogP contribution in [0.3, 0.4) is 0 Å². The summed E-state index contributed by atoms with van der Waals surface area (Å²) >= 11 is 0. The van der Waals surface area contributed by atoms with Crippen molar-refractivity contribution in [3.8, 4) is 5.75 Å². The smallest absolute Gasteiger partial charge is 0.124 e. The SMILES string of the molecule is CCNCC(OCCC(C)(C)OC)c1ccccc1OC. The van der Waals surface area contributed by atoms with Crippen molar-refractivity contribution in [1.82, 2.24) is 5.32 Å². The lowest BCUT2D eigenvalue weighted by Crippen LogP contribution is -2.27. The van der Waals surface area contributed by atoms with Crippen molar-refractivity contribution in [3.05, 3.63) is 29.8 Å². The van der Waals surface area contributed by atoms with Crippen LogP contribution in [0.2, 0.25) is 0 Å². The van der Waals surface area contributed by atoms with Gasteiger partial charge >= 0.3 is 0 Å². The summed E-state index contributed by atoms with van der Waals surface area (Å²) in [6, 6.07) is 8.01. The minimum Gasteiger partial charge on any atom is -0.496 e. The van der Waals surface area contributed by atoms with Crippen LogP contribution in [-0.4, -0.2) is 39.5 Å². The highest BCUT2D eigenvalue weighted by atomic mass is 16.5. The third kappa shape index (κ3) is 6.04. The number of likely N-dealkylation sites (N-methyl/N-ethyl adjacent to an activating group) is 1. The van der Waals surface area contributed by atoms with Crippen LogP contribution in [0, 0.1) is 0 Å². The molecule has 0 radical (unpaired) electrons. The Labute approximate surface area is 128 Å². The van der Waals surface area contributed by atoms with Crippen molar-refractivity contribution in [1.29, 1.82) is 0 Å². The molecule has 0 aliphatic rings. The molecule has 0 spiro atoms. The predicted molar refractivity (Wildman–Crippen MR) is 85.9 cm³/mol. The lowest BCUT2D eigenvalue weighted by atomic mass is 10.1. The number of nitrogens with one attached hydrogen (secondary N) is 1. The Morgan fingerprint density at radius 1 is 1.19 bits per heavy atom. The highest BCUT2D eigenvalue weighted by molar-refractivity contribution is 5.35. The molecule has 120 valence electrons. The zero-order valence-corrected chi connectivity index (χ0v) is 13.9. The first-order valence-corrected chi connectivity index (χ1v) is 7.54. The van der Waals surface area contributed by atoms with Gasteiger partial charge in [-0.1, -0.05) is 25.1 Å². The van der Waals surface area contributed by atoms with Crippen molar-refractivity contribution < 1.29 is 14.2 Å². The molecule has 0 saturated heterocycles. The van der Waals surface area contributed by atoms with Gasteiger partial charge in [-0.25, -0.2) is 0 Å². The van der Waals surface area contributed by atoms with E-state index in [1.54, 1.807) is 14.2 Å². The summed E-state index contributed by atoms with van der Waals surface area (Å²) in [4.78, 5) is 0. The predicted octanol–water partition coefficient (Wildman–Crippen LogP) is 3.18. The second kappa shape index (κ2) is 9.03. The first-order valence-electron chi connectivity index (χ1n) is 7.54. The second-order valence-electron chi connectivity index (χ2n) is 5.62. The topological polar surface area (TPSA) is 39.7 Å². The number of rotatable bonds is 10. The molecule has 0 heterocycles. The number of benzene rings is 1. The Bertz CT molecular complexity index is 407. The van der Waals surface area contributed by atoms with Crippen LogP contribution < -0.4 is 10.1 Å². The maximum atomic E-state index is 6.09. The van der Waals surface area contributed by atoms with E-state index < -0.39 is 0 Å². The fourth-order valence-electron chi connectivity index (χ4n) is 2.02. The van der Waals surface area contributed by atoms with Gasteiger partial charge in [0, 0.05) is 19.2 Å². The first kappa shape index (κ1) is 18.0. The first-order chi connectivity index (χ1) is 10.0. The maximum Gasteiger partial charge on any atom is 0.124 e. The Morgan fingerprint density at radius 2 is 1.90 bits per heavy atom. The molecule has 1 N–H and O–H groups in total. The molecule has 0 saturated carbocycles. The standard InChI is InChI=1S/C17H29NO3/c1-6-18-13-16(21-12-11-17(2,3)20-5)14-9-7-8-10-15(14)19-4/h7-10,16,18H,6,11-13H2,1-5H3. The normalized spacial score (nSPS) is 13.2. The van der Waals surface area contributed by atoms with E-state index in [0.717, 1.165) is 30.8 Å². The van der Waals surface area contributed by atoms with E-state index in [9.17, 15) is 0 Å². The van der Waals surface area contributed by atoms with Gasteiger partial charge < -0.3 is 19.5 Å². The van der Waals surface area contributed by atoms with E-state index in [0.29, 0.717) is 6.61 Å². The molecule has 0 aliphatic heterocycles. The van der Waals surface area contributed by atoms with Gasteiger partial charge in [0.15, 0.2) is 0 Å². The Morgan fingerprint density at radius 3 is 2.52 bits per heavy atom. The highest BCUT2D eigenvalue weighted by Gasteiger charge is 2.20. The van der Waals surface area contributed by atoms with Gasteiger partial charge in [0.25, 0.3) is 0 Å². The van der Waals surface area contributed by atoms with Gasteiger partial charge in [0.05, 0.1) is 25.4 Å². The third-order valence-electron chi connectivity index (χ3n) is 3.64. The average Bonchev–Trinajstić information content (AvgIpc) is 2.50. The number of methoxy groups -OCH3 is 2. The summed E-state index contributed by atoms with van der Waals surface area (Å²) in [6.45, 7) is 8.56. The molecular formula is C17H29NO3. The van der Waals surface area contributed by atoms with Crippen molar-refractivity contribution in [2.45, 2.75) is 38.9 Å². The molecule has 1 atom stereocenters. The summed E-state index contributed by atoms with van der Waals surface area (Å²) in [5.41, 5.74) is 0.917. The van der Waals surface area contributed by atoms with E-state index in [2.05, 4.69) is 32.2 Å². The van der Waals surface area contributed by atoms with Crippen LogP contribution in [0.4, 0.5) is 0 Å². The van der Waals surface area contributed by atoms with E-state index in [1.165, 1.54) is 0 Å². The number of ether oxygens (including phenoxy) is 3. The van der Waals surface area contributed by atoms with Gasteiger partial charge in [0.2, 0.25) is 0 Å². The van der Waals surface area contributed by atoms with Gasteiger partial charge in [-0.2, -0.15) is 0 Å². The molecule has 0 bridgehead atoms. The number of para-hydroxylation sites is 1. The summed E-state index contributed by atoms with van der Waals surface area (Å²) in [6.07, 6.45) is 0.829. The molecule has 0 amide bonds. The van der Waals surface area contributed by atoms with Gasteiger partial charge in [0.1, 0.15) is 5.75 Å². The molecular weight excluding hydrogens is 266 g/mol. The molecule has 0 aromatic heterocycles. The van der Waals surface area contributed by atoms with Crippen LogP contribution >= 0.6 is 0 Å². The maximum absolute atomic E-state index is 6.09. The fourth-order valence-corrected chi connectivity index (χ4v) is 2.02. The molecule has 1 rings (SSSR count). The van der Waals surface area contributed by atoms with E-state index in [-0.39, 0.29) is 11.7 Å². The summed E-state index contributed by atoms with van der Waals surface area (Å²) in [5, 5.41) is 3.35. The van der Waals surface area contributed by atoms with E-state index >= 15 is 0 Å². The third-order valence-corrected chi connectivity index (χ3v) is 3.64. The monoisotopic (exact) mass is 295 g/mol. The number of hydrogen-bond acceptors (Lipinski definition) is 4.